The van der Waals surface area contributed by atoms with E-state index in [4.69, 9.17) is 0 Å². The highest BCUT2D eigenvalue weighted by Gasteiger charge is 2.38. The van der Waals surface area contributed by atoms with Gasteiger partial charge in [-0.3, -0.25) is 14.4 Å². The van der Waals surface area contributed by atoms with Crippen LogP contribution in [-0.4, -0.2) is 41.9 Å². The van der Waals surface area contributed by atoms with Crippen molar-refractivity contribution in [3.63, 3.8) is 0 Å². The molecule has 6 nitrogen and oxygen atoms in total. The van der Waals surface area contributed by atoms with Crippen LogP contribution >= 0.6 is 20.7 Å². The number of alkyl halides is 3. The van der Waals surface area contributed by atoms with Gasteiger partial charge in [-0.25, -0.2) is 4.52 Å². The first-order valence-electron chi connectivity index (χ1n) is 8.56. The van der Waals surface area contributed by atoms with Crippen molar-refractivity contribution in [2.24, 2.45) is 12.0 Å². The molecule has 0 spiro atoms. The van der Waals surface area contributed by atoms with Crippen molar-refractivity contribution in [1.29, 1.82) is 0 Å². The molecule has 0 aliphatic carbocycles. The SMILES string of the molecule is C=IC(F)(F)C1CC(c2cc3n(C)c(=O)c4cc(NC)ccc4n3n2)=CC=N1. The minimum atomic E-state index is -2.86. The Labute approximate surface area is 169 Å². The van der Waals surface area contributed by atoms with Crippen LogP contribution in [0.1, 0.15) is 12.1 Å². The molecule has 0 saturated heterocycles. The highest BCUT2D eigenvalue weighted by molar-refractivity contribution is 14.2. The smallest absolute Gasteiger partial charge is 0.313 e. The van der Waals surface area contributed by atoms with Gasteiger partial charge in [0.1, 0.15) is 11.7 Å². The molecule has 0 bridgehead atoms. The highest BCUT2D eigenvalue weighted by atomic mass is 127. The number of hydrogen-bond donors (Lipinski definition) is 1. The molecule has 0 fully saturated rings. The maximum atomic E-state index is 14.1. The van der Waals surface area contributed by atoms with Gasteiger partial charge in [-0.2, -0.15) is 13.9 Å². The molecule has 2 aromatic heterocycles. The minimum absolute atomic E-state index is 0.0956. The lowest BCUT2D eigenvalue weighted by molar-refractivity contribution is 0.0979. The zero-order valence-electron chi connectivity index (χ0n) is 15.3. The summed E-state index contributed by atoms with van der Waals surface area (Å²) in [6.45, 7) is 0. The van der Waals surface area contributed by atoms with E-state index < -0.39 is 30.7 Å². The molecule has 4 rings (SSSR count). The minimum Gasteiger partial charge on any atom is -0.388 e. The lowest BCUT2D eigenvalue weighted by Gasteiger charge is -2.22. The van der Waals surface area contributed by atoms with Crippen molar-refractivity contribution < 1.29 is 8.78 Å². The van der Waals surface area contributed by atoms with E-state index >= 15 is 0 Å². The number of nitrogens with one attached hydrogen (secondary N) is 1. The Morgan fingerprint density at radius 3 is 2.86 bits per heavy atom. The second-order valence-corrected chi connectivity index (χ2v) is 8.73. The van der Waals surface area contributed by atoms with E-state index in [-0.39, 0.29) is 12.0 Å². The number of dihydropyridines is 1. The zero-order valence-corrected chi connectivity index (χ0v) is 17.4. The van der Waals surface area contributed by atoms with Gasteiger partial charge in [0.05, 0.1) is 16.6 Å². The quantitative estimate of drug-likeness (QED) is 0.444. The summed E-state index contributed by atoms with van der Waals surface area (Å²) in [5.74, 6) is 0. The van der Waals surface area contributed by atoms with Crippen molar-refractivity contribution in [1.82, 2.24) is 14.2 Å². The average Bonchev–Trinajstić information content (AvgIpc) is 3.17. The van der Waals surface area contributed by atoms with Crippen LogP contribution in [0.2, 0.25) is 0 Å². The van der Waals surface area contributed by atoms with Gasteiger partial charge in [0, 0.05) is 38.5 Å². The van der Waals surface area contributed by atoms with Gasteiger partial charge in [0.25, 0.3) is 5.56 Å². The summed E-state index contributed by atoms with van der Waals surface area (Å²) in [5.41, 5.74) is 3.18. The third-order valence-corrected chi connectivity index (χ3v) is 6.66. The van der Waals surface area contributed by atoms with E-state index in [1.807, 2.05) is 12.1 Å². The third-order valence-electron chi connectivity index (χ3n) is 4.92. The number of benzene rings is 1. The lowest BCUT2D eigenvalue weighted by Crippen LogP contribution is -2.27. The molecule has 3 heterocycles. The number of aliphatic imine (C=N–C) groups is 1. The van der Waals surface area contributed by atoms with Gasteiger partial charge in [0.15, 0.2) is 0 Å². The van der Waals surface area contributed by atoms with Crippen molar-refractivity contribution in [2.45, 2.75) is 16.4 Å². The number of fused-ring (bicyclic) bond motifs is 3. The Bertz CT molecular complexity index is 1220. The summed E-state index contributed by atoms with van der Waals surface area (Å²) in [5, 5.41) is 8.17. The molecule has 146 valence electrons. The van der Waals surface area contributed by atoms with Gasteiger partial charge in [0.2, 0.25) is 0 Å². The fourth-order valence-electron chi connectivity index (χ4n) is 3.32. The van der Waals surface area contributed by atoms with Crippen molar-refractivity contribution in [3.05, 3.63) is 46.4 Å². The van der Waals surface area contributed by atoms with Crippen molar-refractivity contribution >= 4 is 59.3 Å². The first-order chi connectivity index (χ1) is 13.4. The summed E-state index contributed by atoms with van der Waals surface area (Å²) in [4.78, 5) is 16.7. The predicted molar refractivity (Wildman–Crippen MR) is 118 cm³/mol. The standard InChI is InChI=1S/C19H18F2IN5O/c1-22-19(20,21)16-8-11(6-7-24-16)14-10-17-26(3)18(28)13-9-12(23-2)4-5-15(13)27(17)25-14/h4-7,9-10,16,23H,1,8H2,2-3H3. The monoisotopic (exact) mass is 497 g/mol. The molecule has 1 N–H and O–H groups in total. The summed E-state index contributed by atoms with van der Waals surface area (Å²) < 4.78 is 32.0. The van der Waals surface area contributed by atoms with E-state index in [0.29, 0.717) is 27.8 Å². The van der Waals surface area contributed by atoms with Gasteiger partial charge >= 0.3 is 3.93 Å². The molecule has 1 unspecified atom stereocenters. The van der Waals surface area contributed by atoms with Crippen LogP contribution in [0.5, 0.6) is 0 Å². The van der Waals surface area contributed by atoms with Crippen LogP contribution in [0.4, 0.5) is 14.5 Å². The molecule has 1 aliphatic heterocycles. The Kier molecular flexibility index (Phi) is 4.64. The molecule has 28 heavy (non-hydrogen) atoms. The molecule has 3 aromatic rings. The van der Waals surface area contributed by atoms with E-state index in [0.717, 1.165) is 5.69 Å². The summed E-state index contributed by atoms with van der Waals surface area (Å²) in [6, 6.07) is 6.11. The number of nitrogens with zero attached hydrogens (tertiary/aromatic N) is 4. The van der Waals surface area contributed by atoms with E-state index in [9.17, 15) is 13.6 Å². The lowest BCUT2D eigenvalue weighted by atomic mass is 10.0. The fourth-order valence-corrected chi connectivity index (χ4v) is 4.21. The van der Waals surface area contributed by atoms with Crippen molar-refractivity contribution in [3.8, 4) is 0 Å². The van der Waals surface area contributed by atoms with Crippen LogP contribution < -0.4 is 10.9 Å². The van der Waals surface area contributed by atoms with Crippen LogP contribution in [0.15, 0.2) is 40.1 Å². The number of allylic oxidation sites excluding steroid dienone is 1. The van der Waals surface area contributed by atoms with Crippen LogP contribution in [0.25, 0.3) is 22.1 Å². The number of rotatable bonds is 4. The van der Waals surface area contributed by atoms with Gasteiger partial charge < -0.3 is 5.32 Å². The Morgan fingerprint density at radius 1 is 1.36 bits per heavy atom. The number of aryl methyl sites for hydroxylation is 1. The van der Waals surface area contributed by atoms with Gasteiger partial charge in [-0.1, -0.05) is 4.51 Å². The van der Waals surface area contributed by atoms with E-state index in [2.05, 4.69) is 19.9 Å². The molecule has 0 amide bonds. The van der Waals surface area contributed by atoms with Crippen molar-refractivity contribution in [2.75, 3.05) is 12.4 Å². The summed E-state index contributed by atoms with van der Waals surface area (Å²) >= 11 is -1.51. The summed E-state index contributed by atoms with van der Waals surface area (Å²) in [7, 11) is 3.46. The van der Waals surface area contributed by atoms with Gasteiger partial charge in [-0.15, -0.1) is 0 Å². The first-order valence-corrected chi connectivity index (χ1v) is 11.2. The molecule has 1 aliphatic rings. The molecule has 0 saturated carbocycles. The van der Waals surface area contributed by atoms with Crippen LogP contribution in [-0.2, 0) is 7.05 Å². The molecule has 1 aromatic carbocycles. The van der Waals surface area contributed by atoms with Gasteiger partial charge in [-0.05, 0) is 50.6 Å². The first kappa shape index (κ1) is 18.9. The number of hydrogen-bond acceptors (Lipinski definition) is 4. The molecule has 9 heteroatoms. The third kappa shape index (κ3) is 2.97. The topological polar surface area (TPSA) is 63.7 Å². The van der Waals surface area contributed by atoms with Crippen LogP contribution in [0, 0.1) is 0 Å². The largest absolute Gasteiger partial charge is 0.388 e. The highest BCUT2D eigenvalue weighted by Crippen LogP contribution is 2.38. The second kappa shape index (κ2) is 6.87. The predicted octanol–water partition coefficient (Wildman–Crippen LogP) is 3.45. The average molecular weight is 497 g/mol. The summed E-state index contributed by atoms with van der Waals surface area (Å²) in [6.07, 6.45) is 3.21. The molecule has 0 radical (unpaired) electrons. The fraction of sp³-hybridized carbons (Fsp3) is 0.263. The number of aromatic nitrogens is 3. The van der Waals surface area contributed by atoms with E-state index in [1.54, 1.807) is 36.8 Å². The number of halogens is 3. The molecular formula is C19H18F2IN5O. The van der Waals surface area contributed by atoms with E-state index in [1.165, 1.54) is 10.8 Å². The Hall–Kier alpha value is -2.43. The Morgan fingerprint density at radius 2 is 2.14 bits per heavy atom. The molecular weight excluding hydrogens is 479 g/mol. The second-order valence-electron chi connectivity index (χ2n) is 6.53. The molecule has 1 atom stereocenters. The normalized spacial score (nSPS) is 17.3. The number of anilines is 1. The zero-order chi connectivity index (χ0) is 20.1. The maximum Gasteiger partial charge on any atom is 0.313 e. The maximum absolute atomic E-state index is 14.1. The Balaban J connectivity index is 1.87. The van der Waals surface area contributed by atoms with Crippen LogP contribution in [0.3, 0.4) is 0 Å².